The molecule has 0 aliphatic carbocycles. The Morgan fingerprint density at radius 3 is 2.64 bits per heavy atom. The second kappa shape index (κ2) is 7.99. The Balaban J connectivity index is 1.60. The summed E-state index contributed by atoms with van der Waals surface area (Å²) in [6.45, 7) is 0.497. The molecule has 0 bridgehead atoms. The highest BCUT2D eigenvalue weighted by Gasteiger charge is 2.44. The van der Waals surface area contributed by atoms with Gasteiger partial charge in [-0.2, -0.15) is 0 Å². The van der Waals surface area contributed by atoms with Crippen LogP contribution < -0.4 is 5.32 Å². The van der Waals surface area contributed by atoms with Gasteiger partial charge in [0.2, 0.25) is 0 Å². The monoisotopic (exact) mass is 405 g/mol. The molecule has 28 heavy (non-hydrogen) atoms. The average molecular weight is 406 g/mol. The van der Waals surface area contributed by atoms with E-state index in [0.717, 1.165) is 24.1 Å². The Kier molecular flexibility index (Phi) is 5.60. The Hall–Kier alpha value is -1.67. The molecule has 1 saturated heterocycles. The van der Waals surface area contributed by atoms with Crippen LogP contribution in [0.5, 0.6) is 0 Å². The molecule has 6 nitrogen and oxygen atoms in total. The van der Waals surface area contributed by atoms with Crippen molar-refractivity contribution in [3.63, 3.8) is 0 Å². The lowest BCUT2D eigenvalue weighted by Gasteiger charge is -2.40. The standard InChI is InChI=1S/C21H24ClNO5/c22-15-3-2-13(21-20(27)19(26)18(25)17(10-24)28-21)9-14(15)8-11-1-4-16-12(7-11)5-6-23-16/h1-4,7,9,17-21,23-27H,5-6,8,10H2/t17-,18-,19+,20-,21+/m1/s1. The first kappa shape index (κ1) is 19.6. The van der Waals surface area contributed by atoms with Gasteiger partial charge in [-0.25, -0.2) is 0 Å². The quantitative estimate of drug-likeness (QED) is 0.527. The molecule has 2 aliphatic heterocycles. The van der Waals surface area contributed by atoms with Crippen molar-refractivity contribution >= 4 is 17.3 Å². The zero-order valence-corrected chi connectivity index (χ0v) is 16.0. The lowest BCUT2D eigenvalue weighted by atomic mass is 9.90. The zero-order valence-electron chi connectivity index (χ0n) is 15.3. The molecule has 0 amide bonds. The summed E-state index contributed by atoms with van der Waals surface area (Å²) in [5, 5.41) is 43.7. The van der Waals surface area contributed by atoms with E-state index in [1.54, 1.807) is 12.1 Å². The van der Waals surface area contributed by atoms with Gasteiger partial charge in [0, 0.05) is 17.3 Å². The van der Waals surface area contributed by atoms with Crippen LogP contribution in [0.15, 0.2) is 36.4 Å². The van der Waals surface area contributed by atoms with Crippen LogP contribution >= 0.6 is 11.6 Å². The molecule has 1 fully saturated rings. The smallest absolute Gasteiger partial charge is 0.113 e. The number of benzene rings is 2. The minimum Gasteiger partial charge on any atom is -0.394 e. The molecule has 0 saturated carbocycles. The fourth-order valence-electron chi connectivity index (χ4n) is 3.97. The molecule has 150 valence electrons. The van der Waals surface area contributed by atoms with E-state index in [4.69, 9.17) is 16.3 Å². The summed E-state index contributed by atoms with van der Waals surface area (Å²) < 4.78 is 5.66. The number of aliphatic hydroxyl groups is 4. The van der Waals surface area contributed by atoms with Crippen LogP contribution in [0.2, 0.25) is 5.02 Å². The van der Waals surface area contributed by atoms with E-state index in [1.807, 2.05) is 6.07 Å². The van der Waals surface area contributed by atoms with Crippen molar-refractivity contribution < 1.29 is 25.2 Å². The molecule has 2 aliphatic rings. The number of fused-ring (bicyclic) bond motifs is 1. The maximum atomic E-state index is 10.4. The second-order valence-corrected chi connectivity index (χ2v) is 7.85. The van der Waals surface area contributed by atoms with Gasteiger partial charge in [-0.1, -0.05) is 35.9 Å². The lowest BCUT2D eigenvalue weighted by molar-refractivity contribution is -0.231. The summed E-state index contributed by atoms with van der Waals surface area (Å²) in [4.78, 5) is 0. The first-order valence-electron chi connectivity index (χ1n) is 9.42. The van der Waals surface area contributed by atoms with Crippen LogP contribution in [-0.2, 0) is 17.6 Å². The van der Waals surface area contributed by atoms with E-state index in [2.05, 4.69) is 23.5 Å². The highest BCUT2D eigenvalue weighted by atomic mass is 35.5. The third kappa shape index (κ3) is 3.64. The third-order valence-electron chi connectivity index (χ3n) is 5.56. The SMILES string of the molecule is OC[C@H]1O[C@@H](c2ccc(Cl)c(Cc3ccc4c(c3)CCN4)c2)[C@H](O)[C@@H](O)[C@@H]1O. The van der Waals surface area contributed by atoms with Gasteiger partial charge in [0.25, 0.3) is 0 Å². The molecule has 7 heteroatoms. The molecule has 0 radical (unpaired) electrons. The van der Waals surface area contributed by atoms with Crippen LogP contribution in [0.25, 0.3) is 0 Å². The highest BCUT2D eigenvalue weighted by molar-refractivity contribution is 6.31. The van der Waals surface area contributed by atoms with Gasteiger partial charge >= 0.3 is 0 Å². The van der Waals surface area contributed by atoms with Crippen LogP contribution in [0.1, 0.15) is 28.4 Å². The van der Waals surface area contributed by atoms with Crippen molar-refractivity contribution in [2.75, 3.05) is 18.5 Å². The second-order valence-electron chi connectivity index (χ2n) is 7.45. The summed E-state index contributed by atoms with van der Waals surface area (Å²) in [6.07, 6.45) is -4.26. The first-order chi connectivity index (χ1) is 13.5. The number of aliphatic hydroxyl groups excluding tert-OH is 4. The molecule has 0 unspecified atom stereocenters. The van der Waals surface area contributed by atoms with Crippen LogP contribution in [0, 0.1) is 0 Å². The van der Waals surface area contributed by atoms with Crippen molar-refractivity contribution in [2.45, 2.75) is 43.4 Å². The van der Waals surface area contributed by atoms with E-state index in [0.29, 0.717) is 17.0 Å². The maximum absolute atomic E-state index is 10.4. The molecule has 5 atom stereocenters. The largest absolute Gasteiger partial charge is 0.394 e. The number of ether oxygens (including phenoxy) is 1. The van der Waals surface area contributed by atoms with Crippen molar-refractivity contribution in [1.82, 2.24) is 0 Å². The zero-order chi connectivity index (χ0) is 19.8. The highest BCUT2D eigenvalue weighted by Crippen LogP contribution is 2.34. The summed E-state index contributed by atoms with van der Waals surface area (Å²) in [7, 11) is 0. The van der Waals surface area contributed by atoms with E-state index in [-0.39, 0.29) is 0 Å². The predicted molar refractivity (Wildman–Crippen MR) is 106 cm³/mol. The third-order valence-corrected chi connectivity index (χ3v) is 5.93. The first-order valence-corrected chi connectivity index (χ1v) is 9.80. The van der Waals surface area contributed by atoms with Crippen molar-refractivity contribution in [1.29, 1.82) is 0 Å². The molecule has 2 aromatic rings. The van der Waals surface area contributed by atoms with Gasteiger partial charge in [-0.15, -0.1) is 0 Å². The minimum absolute atomic E-state index is 0.453. The predicted octanol–water partition coefficient (Wildman–Crippen LogP) is 1.41. The number of anilines is 1. The number of rotatable bonds is 4. The fraction of sp³-hybridized carbons (Fsp3) is 0.429. The molecule has 2 heterocycles. The Labute approximate surface area is 168 Å². The molecule has 0 aromatic heterocycles. The number of hydrogen-bond donors (Lipinski definition) is 5. The van der Waals surface area contributed by atoms with Gasteiger partial charge in [0.05, 0.1) is 6.61 Å². The van der Waals surface area contributed by atoms with Crippen molar-refractivity contribution in [3.8, 4) is 0 Å². The number of halogens is 1. The van der Waals surface area contributed by atoms with Crippen molar-refractivity contribution in [3.05, 3.63) is 63.7 Å². The molecule has 4 rings (SSSR count). The van der Waals surface area contributed by atoms with Crippen LogP contribution in [0.4, 0.5) is 5.69 Å². The maximum Gasteiger partial charge on any atom is 0.113 e. The van der Waals surface area contributed by atoms with Crippen LogP contribution in [-0.4, -0.2) is 58.0 Å². The Bertz CT molecular complexity index is 859. The summed E-state index contributed by atoms with van der Waals surface area (Å²) in [5.74, 6) is 0. The van der Waals surface area contributed by atoms with Gasteiger partial charge in [-0.3, -0.25) is 0 Å². The number of nitrogens with one attached hydrogen (secondary N) is 1. The van der Waals surface area contributed by atoms with Gasteiger partial charge in [0.1, 0.15) is 30.5 Å². The molecule has 2 aromatic carbocycles. The summed E-state index contributed by atoms with van der Waals surface area (Å²) >= 11 is 6.40. The van der Waals surface area contributed by atoms with Gasteiger partial charge < -0.3 is 30.5 Å². The topological polar surface area (TPSA) is 102 Å². The normalized spacial score (nSPS) is 29.4. The Morgan fingerprint density at radius 2 is 1.86 bits per heavy atom. The van der Waals surface area contributed by atoms with Gasteiger partial charge in [-0.05, 0) is 47.2 Å². The van der Waals surface area contributed by atoms with E-state index < -0.39 is 37.1 Å². The molecular formula is C21H24ClNO5. The van der Waals surface area contributed by atoms with E-state index in [9.17, 15) is 20.4 Å². The Morgan fingerprint density at radius 1 is 1.04 bits per heavy atom. The molecule has 5 N–H and O–H groups in total. The number of hydrogen-bond acceptors (Lipinski definition) is 6. The van der Waals surface area contributed by atoms with Crippen molar-refractivity contribution in [2.24, 2.45) is 0 Å². The molecular weight excluding hydrogens is 382 g/mol. The summed E-state index contributed by atoms with van der Waals surface area (Å²) in [5.41, 5.74) is 5.11. The lowest BCUT2D eigenvalue weighted by Crippen LogP contribution is -2.55. The van der Waals surface area contributed by atoms with Crippen LogP contribution in [0.3, 0.4) is 0 Å². The van der Waals surface area contributed by atoms with E-state index in [1.165, 1.54) is 11.3 Å². The average Bonchev–Trinajstić information content (AvgIpc) is 3.16. The fourth-order valence-corrected chi connectivity index (χ4v) is 4.16. The van der Waals surface area contributed by atoms with Gasteiger partial charge in [0.15, 0.2) is 0 Å². The molecule has 0 spiro atoms. The minimum atomic E-state index is -1.40. The summed E-state index contributed by atoms with van der Waals surface area (Å²) in [6, 6.07) is 11.6. The van der Waals surface area contributed by atoms with E-state index >= 15 is 0 Å².